The van der Waals surface area contributed by atoms with E-state index in [9.17, 15) is 0 Å². The third-order valence-electron chi connectivity index (χ3n) is 3.23. The fourth-order valence-electron chi connectivity index (χ4n) is 2.13. The van der Waals surface area contributed by atoms with Crippen LogP contribution in [0, 0.1) is 13.8 Å². The number of hydrogen-bond donors (Lipinski definition) is 0. The van der Waals surface area contributed by atoms with Gasteiger partial charge in [-0.25, -0.2) is 0 Å². The predicted molar refractivity (Wildman–Crippen MR) is 79.7 cm³/mol. The summed E-state index contributed by atoms with van der Waals surface area (Å²) in [6.07, 6.45) is 0.844. The van der Waals surface area contributed by atoms with Crippen molar-refractivity contribution in [1.29, 1.82) is 0 Å². The summed E-state index contributed by atoms with van der Waals surface area (Å²) in [5.41, 5.74) is 4.89. The molecule has 0 saturated heterocycles. The highest BCUT2D eigenvalue weighted by Crippen LogP contribution is 2.30. The van der Waals surface area contributed by atoms with E-state index in [-0.39, 0.29) is 5.38 Å². The molecule has 2 aromatic rings. The quantitative estimate of drug-likeness (QED) is 0.653. The highest BCUT2D eigenvalue weighted by atomic mass is 35.5. The van der Waals surface area contributed by atoms with Gasteiger partial charge in [0.1, 0.15) is 0 Å². The topological polar surface area (TPSA) is 0 Å². The molecule has 0 amide bonds. The van der Waals surface area contributed by atoms with Crippen molar-refractivity contribution in [1.82, 2.24) is 0 Å². The Balaban J connectivity index is 2.22. The van der Waals surface area contributed by atoms with Crippen LogP contribution in [-0.4, -0.2) is 0 Å². The van der Waals surface area contributed by atoms with Crippen LogP contribution in [-0.2, 0) is 6.42 Å². The zero-order valence-electron chi connectivity index (χ0n) is 10.6. The fraction of sp³-hybridized carbons (Fsp3) is 0.250. The highest BCUT2D eigenvalue weighted by molar-refractivity contribution is 6.30. The van der Waals surface area contributed by atoms with E-state index in [1.165, 1.54) is 11.1 Å². The van der Waals surface area contributed by atoms with Crippen LogP contribution in [0.2, 0.25) is 5.02 Å². The molecule has 1 atom stereocenters. The van der Waals surface area contributed by atoms with Crippen molar-refractivity contribution < 1.29 is 0 Å². The van der Waals surface area contributed by atoms with E-state index >= 15 is 0 Å². The van der Waals surface area contributed by atoms with Crippen LogP contribution in [0.15, 0.2) is 42.5 Å². The number of halogens is 2. The molecule has 0 bridgehead atoms. The smallest absolute Gasteiger partial charge is 0.0628 e. The second-order valence-corrected chi connectivity index (χ2v) is 5.56. The normalized spacial score (nSPS) is 12.4. The van der Waals surface area contributed by atoms with Gasteiger partial charge in [0.2, 0.25) is 0 Å². The lowest BCUT2D eigenvalue weighted by Crippen LogP contribution is -2.00. The maximum absolute atomic E-state index is 6.53. The van der Waals surface area contributed by atoms with E-state index in [4.69, 9.17) is 23.2 Å². The molecule has 0 nitrogen and oxygen atoms in total. The minimum absolute atomic E-state index is 0.0108. The second-order valence-electron chi connectivity index (χ2n) is 4.60. The Bertz CT molecular complexity index is 547. The second kappa shape index (κ2) is 5.77. The Morgan fingerprint density at radius 1 is 1.00 bits per heavy atom. The van der Waals surface area contributed by atoms with E-state index < -0.39 is 0 Å². The average Bonchev–Trinajstić information content (AvgIpc) is 2.32. The Morgan fingerprint density at radius 3 is 2.39 bits per heavy atom. The zero-order valence-corrected chi connectivity index (χ0v) is 12.1. The van der Waals surface area contributed by atoms with Gasteiger partial charge in [0, 0.05) is 5.02 Å². The van der Waals surface area contributed by atoms with Gasteiger partial charge < -0.3 is 0 Å². The first-order valence-electron chi connectivity index (χ1n) is 6.02. The molecular weight excluding hydrogens is 263 g/mol. The Hall–Kier alpha value is -0.980. The van der Waals surface area contributed by atoms with Crippen LogP contribution in [0.1, 0.15) is 27.6 Å². The fourth-order valence-corrected chi connectivity index (χ4v) is 2.77. The molecule has 0 saturated carbocycles. The molecule has 2 heteroatoms. The van der Waals surface area contributed by atoms with Gasteiger partial charge in [-0.3, -0.25) is 0 Å². The van der Waals surface area contributed by atoms with Crippen LogP contribution in [0.5, 0.6) is 0 Å². The molecule has 0 heterocycles. The summed E-state index contributed by atoms with van der Waals surface area (Å²) in [6, 6.07) is 14.2. The van der Waals surface area contributed by atoms with Crippen LogP contribution < -0.4 is 0 Å². The molecule has 1 unspecified atom stereocenters. The lowest BCUT2D eigenvalue weighted by molar-refractivity contribution is 0.902. The Morgan fingerprint density at radius 2 is 1.72 bits per heavy atom. The lowest BCUT2D eigenvalue weighted by atomic mass is 9.98. The number of alkyl halides is 1. The lowest BCUT2D eigenvalue weighted by Gasteiger charge is -2.14. The molecule has 2 rings (SSSR count). The third-order valence-corrected chi connectivity index (χ3v) is 3.85. The third kappa shape index (κ3) is 3.07. The minimum atomic E-state index is -0.0108. The minimum Gasteiger partial charge on any atom is -0.117 e. The van der Waals surface area contributed by atoms with Gasteiger partial charge in [0.25, 0.3) is 0 Å². The van der Waals surface area contributed by atoms with Gasteiger partial charge in [-0.2, -0.15) is 0 Å². The molecule has 0 aliphatic rings. The van der Waals surface area contributed by atoms with Gasteiger partial charge >= 0.3 is 0 Å². The molecule has 0 fully saturated rings. The molecular formula is C16H16Cl2. The maximum atomic E-state index is 6.53. The first kappa shape index (κ1) is 13.5. The predicted octanol–water partition coefficient (Wildman–Crippen LogP) is 5.48. The molecule has 18 heavy (non-hydrogen) atoms. The molecule has 0 spiro atoms. The summed E-state index contributed by atoms with van der Waals surface area (Å²) < 4.78 is 0. The summed E-state index contributed by atoms with van der Waals surface area (Å²) in [5, 5.41) is 0.749. The maximum Gasteiger partial charge on any atom is 0.0628 e. The van der Waals surface area contributed by atoms with E-state index in [0.29, 0.717) is 0 Å². The van der Waals surface area contributed by atoms with Crippen molar-refractivity contribution in [2.75, 3.05) is 0 Å². The SMILES string of the molecule is Cc1ccccc1CC(Cl)c1ccc(Cl)cc1C. The van der Waals surface area contributed by atoms with E-state index in [0.717, 1.165) is 22.6 Å². The molecule has 0 aliphatic heterocycles. The zero-order chi connectivity index (χ0) is 13.1. The first-order valence-corrected chi connectivity index (χ1v) is 6.84. The van der Waals surface area contributed by atoms with Crippen molar-refractivity contribution in [2.45, 2.75) is 25.6 Å². The molecule has 0 radical (unpaired) electrons. The van der Waals surface area contributed by atoms with Crippen molar-refractivity contribution in [3.8, 4) is 0 Å². The van der Waals surface area contributed by atoms with Crippen molar-refractivity contribution in [3.63, 3.8) is 0 Å². The Kier molecular flexibility index (Phi) is 4.31. The summed E-state index contributed by atoms with van der Waals surface area (Å²) in [7, 11) is 0. The van der Waals surface area contributed by atoms with Crippen molar-refractivity contribution >= 4 is 23.2 Å². The summed E-state index contributed by atoms with van der Waals surface area (Å²) in [5.74, 6) is 0. The van der Waals surface area contributed by atoms with Crippen LogP contribution >= 0.6 is 23.2 Å². The molecule has 94 valence electrons. The average molecular weight is 279 g/mol. The molecule has 2 aromatic carbocycles. The highest BCUT2D eigenvalue weighted by Gasteiger charge is 2.12. The van der Waals surface area contributed by atoms with E-state index in [1.807, 2.05) is 18.2 Å². The monoisotopic (exact) mass is 278 g/mol. The van der Waals surface area contributed by atoms with Gasteiger partial charge in [-0.05, 0) is 54.7 Å². The van der Waals surface area contributed by atoms with Gasteiger partial charge in [-0.15, -0.1) is 11.6 Å². The van der Waals surface area contributed by atoms with Crippen LogP contribution in [0.4, 0.5) is 0 Å². The molecule has 0 aliphatic carbocycles. The molecule has 0 N–H and O–H groups in total. The van der Waals surface area contributed by atoms with E-state index in [1.54, 1.807) is 0 Å². The Labute approximate surface area is 119 Å². The number of hydrogen-bond acceptors (Lipinski definition) is 0. The van der Waals surface area contributed by atoms with Crippen molar-refractivity contribution in [3.05, 3.63) is 69.7 Å². The largest absolute Gasteiger partial charge is 0.117 e. The van der Waals surface area contributed by atoms with E-state index in [2.05, 4.69) is 38.1 Å². The molecule has 0 aromatic heterocycles. The number of rotatable bonds is 3. The van der Waals surface area contributed by atoms with Gasteiger partial charge in [-0.1, -0.05) is 41.9 Å². The van der Waals surface area contributed by atoms with Gasteiger partial charge in [0.15, 0.2) is 0 Å². The summed E-state index contributed by atoms with van der Waals surface area (Å²) >= 11 is 12.5. The van der Waals surface area contributed by atoms with Gasteiger partial charge in [0.05, 0.1) is 5.38 Å². The van der Waals surface area contributed by atoms with Crippen molar-refractivity contribution in [2.24, 2.45) is 0 Å². The standard InChI is InChI=1S/C16H16Cl2/c1-11-5-3-4-6-13(11)10-16(18)15-8-7-14(17)9-12(15)2/h3-9,16H,10H2,1-2H3. The summed E-state index contributed by atoms with van der Waals surface area (Å²) in [6.45, 7) is 4.17. The first-order chi connectivity index (χ1) is 8.58. The number of aryl methyl sites for hydroxylation is 2. The summed E-state index contributed by atoms with van der Waals surface area (Å²) in [4.78, 5) is 0. The number of benzene rings is 2. The van der Waals surface area contributed by atoms with Crippen LogP contribution in [0.3, 0.4) is 0 Å². The van der Waals surface area contributed by atoms with Crippen LogP contribution in [0.25, 0.3) is 0 Å².